The minimum atomic E-state index is -0.0826. The van der Waals surface area contributed by atoms with Crippen LogP contribution in [-0.2, 0) is 9.59 Å². The number of rotatable bonds is 7. The second-order valence-corrected chi connectivity index (χ2v) is 7.30. The second kappa shape index (κ2) is 9.91. The first kappa shape index (κ1) is 18.2. The molecule has 0 aromatic heterocycles. The van der Waals surface area contributed by atoms with Crippen molar-refractivity contribution in [3.63, 3.8) is 0 Å². The van der Waals surface area contributed by atoms with Gasteiger partial charge in [-0.25, -0.2) is 0 Å². The normalized spacial score (nSPS) is 24.0. The van der Waals surface area contributed by atoms with Gasteiger partial charge in [0.2, 0.25) is 11.8 Å². The Kier molecular flexibility index (Phi) is 7.86. The number of piperidine rings is 1. The molecule has 132 valence electrons. The molecule has 0 bridgehead atoms. The van der Waals surface area contributed by atoms with E-state index in [0.717, 1.165) is 51.7 Å². The molecule has 5 heteroatoms. The highest BCUT2D eigenvalue weighted by Crippen LogP contribution is 2.23. The van der Waals surface area contributed by atoms with Gasteiger partial charge in [0.1, 0.15) is 0 Å². The molecule has 2 amide bonds. The fourth-order valence-electron chi connectivity index (χ4n) is 3.71. The van der Waals surface area contributed by atoms with E-state index in [1.165, 1.54) is 19.3 Å². The van der Waals surface area contributed by atoms with Crippen molar-refractivity contribution in [2.45, 2.75) is 70.8 Å². The van der Waals surface area contributed by atoms with E-state index in [1.807, 2.05) is 6.92 Å². The molecule has 0 radical (unpaired) electrons. The van der Waals surface area contributed by atoms with Crippen LogP contribution in [0.5, 0.6) is 0 Å². The maximum absolute atomic E-state index is 12.2. The Balaban J connectivity index is 1.57. The Labute approximate surface area is 140 Å². The first-order valence-electron chi connectivity index (χ1n) is 9.43. The number of hydrogen-bond acceptors (Lipinski definition) is 3. The summed E-state index contributed by atoms with van der Waals surface area (Å²) in [5.74, 6) is 1.03. The van der Waals surface area contributed by atoms with Gasteiger partial charge < -0.3 is 16.0 Å². The number of nitrogens with one attached hydrogen (secondary N) is 3. The SMILES string of the molecule is CC(CC(=O)NCCC1CCCNC1)NC(=O)C1CCCCC1. The average Bonchev–Trinajstić information content (AvgIpc) is 2.56. The Bertz CT molecular complexity index is 374. The van der Waals surface area contributed by atoms with Crippen LogP contribution >= 0.6 is 0 Å². The molecule has 2 rings (SSSR count). The smallest absolute Gasteiger partial charge is 0.223 e. The summed E-state index contributed by atoms with van der Waals surface area (Å²) < 4.78 is 0. The highest BCUT2D eigenvalue weighted by Gasteiger charge is 2.22. The molecule has 2 fully saturated rings. The first-order chi connectivity index (χ1) is 11.1. The summed E-state index contributed by atoms with van der Waals surface area (Å²) in [6, 6.07) is -0.0826. The van der Waals surface area contributed by atoms with Crippen molar-refractivity contribution in [3.8, 4) is 0 Å². The van der Waals surface area contributed by atoms with Crippen molar-refractivity contribution >= 4 is 11.8 Å². The Morgan fingerprint density at radius 1 is 1.13 bits per heavy atom. The van der Waals surface area contributed by atoms with Gasteiger partial charge in [-0.05, 0) is 58.0 Å². The number of carbonyl (C=O) groups excluding carboxylic acids is 2. The van der Waals surface area contributed by atoms with Crippen LogP contribution in [-0.4, -0.2) is 37.5 Å². The van der Waals surface area contributed by atoms with Gasteiger partial charge in [-0.1, -0.05) is 19.3 Å². The molecule has 1 aliphatic carbocycles. The van der Waals surface area contributed by atoms with Crippen LogP contribution < -0.4 is 16.0 Å². The molecule has 1 saturated carbocycles. The van der Waals surface area contributed by atoms with E-state index in [4.69, 9.17) is 0 Å². The lowest BCUT2D eigenvalue weighted by Gasteiger charge is -2.24. The van der Waals surface area contributed by atoms with Crippen LogP contribution in [0.15, 0.2) is 0 Å². The highest BCUT2D eigenvalue weighted by atomic mass is 16.2. The van der Waals surface area contributed by atoms with Gasteiger partial charge in [0, 0.05) is 24.9 Å². The van der Waals surface area contributed by atoms with Crippen LogP contribution in [0.25, 0.3) is 0 Å². The van der Waals surface area contributed by atoms with Crippen molar-refractivity contribution < 1.29 is 9.59 Å². The fourth-order valence-corrected chi connectivity index (χ4v) is 3.71. The van der Waals surface area contributed by atoms with E-state index in [0.29, 0.717) is 12.3 Å². The van der Waals surface area contributed by atoms with Crippen LogP contribution in [0.3, 0.4) is 0 Å². The van der Waals surface area contributed by atoms with E-state index >= 15 is 0 Å². The van der Waals surface area contributed by atoms with Gasteiger partial charge in [0.25, 0.3) is 0 Å². The van der Waals surface area contributed by atoms with E-state index in [2.05, 4.69) is 16.0 Å². The predicted molar refractivity (Wildman–Crippen MR) is 92.0 cm³/mol. The van der Waals surface area contributed by atoms with Gasteiger partial charge in [-0.2, -0.15) is 0 Å². The van der Waals surface area contributed by atoms with Crippen molar-refractivity contribution in [1.82, 2.24) is 16.0 Å². The fraction of sp³-hybridized carbons (Fsp3) is 0.889. The van der Waals surface area contributed by atoms with E-state index in [1.54, 1.807) is 0 Å². The Hall–Kier alpha value is -1.10. The summed E-state index contributed by atoms with van der Waals surface area (Å²) in [6.07, 6.45) is 9.48. The van der Waals surface area contributed by atoms with E-state index in [9.17, 15) is 9.59 Å². The molecule has 3 N–H and O–H groups in total. The Morgan fingerprint density at radius 2 is 1.91 bits per heavy atom. The lowest BCUT2D eigenvalue weighted by molar-refractivity contribution is -0.127. The van der Waals surface area contributed by atoms with E-state index < -0.39 is 0 Å². The monoisotopic (exact) mass is 323 g/mol. The minimum absolute atomic E-state index is 0.0465. The summed E-state index contributed by atoms with van der Waals surface area (Å²) in [7, 11) is 0. The zero-order chi connectivity index (χ0) is 16.5. The zero-order valence-electron chi connectivity index (χ0n) is 14.5. The van der Waals surface area contributed by atoms with Crippen LogP contribution in [0, 0.1) is 11.8 Å². The molecule has 23 heavy (non-hydrogen) atoms. The molecule has 2 aliphatic rings. The molecule has 1 heterocycles. The minimum Gasteiger partial charge on any atom is -0.356 e. The summed E-state index contributed by atoms with van der Waals surface area (Å²) in [5, 5.41) is 9.40. The maximum Gasteiger partial charge on any atom is 0.223 e. The van der Waals surface area contributed by atoms with Crippen molar-refractivity contribution in [3.05, 3.63) is 0 Å². The molecule has 2 unspecified atom stereocenters. The highest BCUT2D eigenvalue weighted by molar-refractivity contribution is 5.81. The van der Waals surface area contributed by atoms with E-state index in [-0.39, 0.29) is 23.8 Å². The molecule has 5 nitrogen and oxygen atoms in total. The van der Waals surface area contributed by atoms with Crippen LogP contribution in [0.1, 0.15) is 64.7 Å². The number of hydrogen-bond donors (Lipinski definition) is 3. The zero-order valence-corrected chi connectivity index (χ0v) is 14.5. The first-order valence-corrected chi connectivity index (χ1v) is 9.43. The predicted octanol–water partition coefficient (Wildman–Crippen LogP) is 1.97. The van der Waals surface area contributed by atoms with Gasteiger partial charge in [-0.3, -0.25) is 9.59 Å². The number of carbonyl (C=O) groups is 2. The third-order valence-electron chi connectivity index (χ3n) is 5.13. The molecule has 0 aromatic rings. The quantitative estimate of drug-likeness (QED) is 0.671. The molecular weight excluding hydrogens is 290 g/mol. The molecule has 2 atom stereocenters. The summed E-state index contributed by atoms with van der Waals surface area (Å²) in [5.41, 5.74) is 0. The van der Waals surface area contributed by atoms with Crippen LogP contribution in [0.2, 0.25) is 0 Å². The average molecular weight is 323 g/mol. The summed E-state index contributed by atoms with van der Waals surface area (Å²) >= 11 is 0. The topological polar surface area (TPSA) is 70.2 Å². The lowest BCUT2D eigenvalue weighted by Crippen LogP contribution is -2.41. The number of amides is 2. The molecule has 0 aromatic carbocycles. The van der Waals surface area contributed by atoms with Gasteiger partial charge in [0.05, 0.1) is 0 Å². The third kappa shape index (κ3) is 6.90. The van der Waals surface area contributed by atoms with Crippen molar-refractivity contribution in [2.75, 3.05) is 19.6 Å². The lowest BCUT2D eigenvalue weighted by atomic mass is 9.88. The standard InChI is InChI=1S/C18H33N3O2/c1-14(21-18(23)16-7-3-2-4-8-16)12-17(22)20-11-9-15-6-5-10-19-13-15/h14-16,19H,2-13H2,1H3,(H,20,22)(H,21,23). The molecule has 0 spiro atoms. The second-order valence-electron chi connectivity index (χ2n) is 7.30. The van der Waals surface area contributed by atoms with Gasteiger partial charge in [0.15, 0.2) is 0 Å². The molecule has 1 saturated heterocycles. The summed E-state index contributed by atoms with van der Waals surface area (Å²) in [4.78, 5) is 24.1. The van der Waals surface area contributed by atoms with Crippen LogP contribution in [0.4, 0.5) is 0 Å². The molecule has 1 aliphatic heterocycles. The summed E-state index contributed by atoms with van der Waals surface area (Å²) in [6.45, 7) is 4.87. The molecular formula is C18H33N3O2. The largest absolute Gasteiger partial charge is 0.356 e. The maximum atomic E-state index is 12.2. The Morgan fingerprint density at radius 3 is 2.61 bits per heavy atom. The van der Waals surface area contributed by atoms with Crippen molar-refractivity contribution in [1.29, 1.82) is 0 Å². The van der Waals surface area contributed by atoms with Crippen molar-refractivity contribution in [2.24, 2.45) is 11.8 Å². The van der Waals surface area contributed by atoms with Gasteiger partial charge >= 0.3 is 0 Å². The third-order valence-corrected chi connectivity index (χ3v) is 5.13. The van der Waals surface area contributed by atoms with Gasteiger partial charge in [-0.15, -0.1) is 0 Å².